The van der Waals surface area contributed by atoms with E-state index >= 15 is 0 Å². The first-order chi connectivity index (χ1) is 9.80. The molecule has 1 aliphatic carbocycles. The molecule has 4 N–H and O–H groups in total. The molecule has 1 aromatic rings. The zero-order valence-corrected chi connectivity index (χ0v) is 12.7. The summed E-state index contributed by atoms with van der Waals surface area (Å²) in [6.45, 7) is 1.92. The van der Waals surface area contributed by atoms with Gasteiger partial charge in [0, 0.05) is 6.07 Å². The smallest absolute Gasteiger partial charge is 0.238 e. The van der Waals surface area contributed by atoms with Crippen LogP contribution in [0.4, 0.5) is 14.5 Å². The monoisotopic (exact) mass is 361 g/mol. The molecule has 1 saturated carbocycles. The van der Waals surface area contributed by atoms with E-state index in [1.165, 1.54) is 0 Å². The molecular weight excluding hydrogens is 348 g/mol. The van der Waals surface area contributed by atoms with E-state index in [1.807, 2.05) is 6.92 Å². The van der Waals surface area contributed by atoms with Crippen molar-refractivity contribution in [3.05, 3.63) is 28.2 Å². The van der Waals surface area contributed by atoms with Crippen molar-refractivity contribution in [2.45, 2.75) is 19.8 Å². The van der Waals surface area contributed by atoms with Crippen LogP contribution in [0.15, 0.2) is 21.8 Å². The van der Waals surface area contributed by atoms with Crippen LogP contribution in [-0.2, 0) is 4.79 Å². The number of rotatable bonds is 3. The summed E-state index contributed by atoms with van der Waals surface area (Å²) in [7, 11) is 0. The third kappa shape index (κ3) is 2.72. The number of carbonyl (C=O) groups is 1. The normalized spacial score (nSPS) is 25.3. The highest BCUT2D eigenvalue weighted by molar-refractivity contribution is 9.10. The molecule has 0 spiro atoms. The van der Waals surface area contributed by atoms with Gasteiger partial charge < -0.3 is 16.3 Å². The molecular formula is C13H14BrF2N3O2. The number of anilines is 1. The molecule has 8 heteroatoms. The number of hydrogen-bond donors (Lipinski definition) is 3. The van der Waals surface area contributed by atoms with Crippen LogP contribution in [0, 0.1) is 23.0 Å². The Kier molecular flexibility index (Phi) is 4.18. The van der Waals surface area contributed by atoms with Crippen LogP contribution >= 0.6 is 15.9 Å². The molecule has 2 rings (SSSR count). The van der Waals surface area contributed by atoms with Gasteiger partial charge in [0.15, 0.2) is 5.84 Å². The van der Waals surface area contributed by atoms with Crippen molar-refractivity contribution in [1.29, 1.82) is 0 Å². The van der Waals surface area contributed by atoms with E-state index in [0.717, 1.165) is 6.07 Å². The lowest BCUT2D eigenvalue weighted by Crippen LogP contribution is -2.54. The SMILES string of the molecule is CC1CC(C(=O)Nc2cc(Br)c(F)cc2F)(/C(N)=N/O)C1. The van der Waals surface area contributed by atoms with Gasteiger partial charge in [0.2, 0.25) is 5.91 Å². The van der Waals surface area contributed by atoms with Crippen LogP contribution < -0.4 is 11.1 Å². The van der Waals surface area contributed by atoms with Crippen molar-refractivity contribution < 1.29 is 18.8 Å². The Morgan fingerprint density at radius 1 is 1.48 bits per heavy atom. The predicted octanol–water partition coefficient (Wildman–Crippen LogP) is 2.83. The Balaban J connectivity index is 2.27. The zero-order chi connectivity index (χ0) is 15.8. The first-order valence-electron chi connectivity index (χ1n) is 6.24. The van der Waals surface area contributed by atoms with Gasteiger partial charge in [0.25, 0.3) is 0 Å². The van der Waals surface area contributed by atoms with Crippen molar-refractivity contribution in [1.82, 2.24) is 0 Å². The molecule has 0 atom stereocenters. The van der Waals surface area contributed by atoms with Gasteiger partial charge >= 0.3 is 0 Å². The number of amidine groups is 1. The molecule has 0 radical (unpaired) electrons. The van der Waals surface area contributed by atoms with Crippen LogP contribution in [0.1, 0.15) is 19.8 Å². The quantitative estimate of drug-likeness (QED) is 0.254. The van der Waals surface area contributed by atoms with Gasteiger partial charge in [-0.15, -0.1) is 0 Å². The third-order valence-electron chi connectivity index (χ3n) is 3.68. The van der Waals surface area contributed by atoms with Crippen molar-refractivity contribution in [2.75, 3.05) is 5.32 Å². The van der Waals surface area contributed by atoms with Crippen LogP contribution in [0.2, 0.25) is 0 Å². The predicted molar refractivity (Wildman–Crippen MR) is 76.9 cm³/mol. The molecule has 1 aliphatic rings. The van der Waals surface area contributed by atoms with Gasteiger partial charge in [0.1, 0.15) is 17.0 Å². The van der Waals surface area contributed by atoms with E-state index in [4.69, 9.17) is 10.9 Å². The van der Waals surface area contributed by atoms with E-state index in [-0.39, 0.29) is 21.9 Å². The van der Waals surface area contributed by atoms with E-state index < -0.39 is 23.0 Å². The van der Waals surface area contributed by atoms with Crippen molar-refractivity contribution in [3.63, 3.8) is 0 Å². The van der Waals surface area contributed by atoms with Gasteiger partial charge in [-0.2, -0.15) is 0 Å². The molecule has 0 heterocycles. The number of nitrogens with one attached hydrogen (secondary N) is 1. The molecule has 0 saturated heterocycles. The Labute approximate surface area is 128 Å². The second-order valence-electron chi connectivity index (χ2n) is 5.28. The molecule has 5 nitrogen and oxygen atoms in total. The number of oxime groups is 1. The highest BCUT2D eigenvalue weighted by Gasteiger charge is 2.52. The number of nitrogens with zero attached hydrogens (tertiary/aromatic N) is 1. The van der Waals surface area contributed by atoms with E-state index in [2.05, 4.69) is 26.4 Å². The van der Waals surface area contributed by atoms with Crippen LogP contribution in [0.5, 0.6) is 0 Å². The van der Waals surface area contributed by atoms with Gasteiger partial charge in [-0.1, -0.05) is 12.1 Å². The Bertz CT molecular complexity index is 616. The molecule has 21 heavy (non-hydrogen) atoms. The molecule has 0 bridgehead atoms. The van der Waals surface area contributed by atoms with Crippen molar-refractivity contribution in [2.24, 2.45) is 22.2 Å². The Morgan fingerprint density at radius 2 is 2.10 bits per heavy atom. The number of carbonyl (C=O) groups excluding carboxylic acids is 1. The van der Waals surface area contributed by atoms with Crippen LogP contribution in [-0.4, -0.2) is 17.0 Å². The maximum absolute atomic E-state index is 13.7. The average molecular weight is 362 g/mol. The number of halogens is 3. The second kappa shape index (κ2) is 5.59. The summed E-state index contributed by atoms with van der Waals surface area (Å²) in [6, 6.07) is 1.80. The fourth-order valence-corrected chi connectivity index (χ4v) is 2.94. The van der Waals surface area contributed by atoms with E-state index in [0.29, 0.717) is 18.9 Å². The fourth-order valence-electron chi connectivity index (χ4n) is 2.60. The lowest BCUT2D eigenvalue weighted by molar-refractivity contribution is -0.127. The van der Waals surface area contributed by atoms with Crippen molar-refractivity contribution in [3.8, 4) is 0 Å². The van der Waals surface area contributed by atoms with Crippen LogP contribution in [0.25, 0.3) is 0 Å². The molecule has 1 aromatic carbocycles. The van der Waals surface area contributed by atoms with Gasteiger partial charge in [-0.05, 0) is 40.8 Å². The summed E-state index contributed by atoms with van der Waals surface area (Å²) in [4.78, 5) is 12.4. The standard InChI is InChI=1S/C13H14BrF2N3O2/c1-6-4-13(5-6,11(17)19-21)12(20)18-10-2-7(14)8(15)3-9(10)16/h2-3,6,21H,4-5H2,1H3,(H2,17,19)(H,18,20). The van der Waals surface area contributed by atoms with Gasteiger partial charge in [-0.3, -0.25) is 4.79 Å². The number of nitrogens with two attached hydrogens (primary N) is 1. The minimum atomic E-state index is -1.15. The molecule has 0 aliphatic heterocycles. The lowest BCUT2D eigenvalue weighted by Gasteiger charge is -2.43. The van der Waals surface area contributed by atoms with Gasteiger partial charge in [-0.25, -0.2) is 8.78 Å². The number of benzene rings is 1. The first kappa shape index (κ1) is 15.7. The summed E-state index contributed by atoms with van der Waals surface area (Å²) in [5.41, 5.74) is 4.28. The number of amides is 1. The Morgan fingerprint density at radius 3 is 2.62 bits per heavy atom. The summed E-state index contributed by atoms with van der Waals surface area (Å²) >= 11 is 2.92. The zero-order valence-electron chi connectivity index (χ0n) is 11.2. The highest BCUT2D eigenvalue weighted by Crippen LogP contribution is 2.46. The number of hydrogen-bond acceptors (Lipinski definition) is 3. The summed E-state index contributed by atoms with van der Waals surface area (Å²) in [5.74, 6) is -2.21. The average Bonchev–Trinajstić information content (AvgIpc) is 2.39. The van der Waals surface area contributed by atoms with Crippen LogP contribution in [0.3, 0.4) is 0 Å². The topological polar surface area (TPSA) is 87.7 Å². The molecule has 114 valence electrons. The largest absolute Gasteiger partial charge is 0.409 e. The fraction of sp³-hybridized carbons (Fsp3) is 0.385. The maximum atomic E-state index is 13.7. The second-order valence-corrected chi connectivity index (χ2v) is 6.14. The lowest BCUT2D eigenvalue weighted by atomic mass is 9.61. The van der Waals surface area contributed by atoms with Crippen molar-refractivity contribution >= 4 is 33.4 Å². The summed E-state index contributed by atoms with van der Waals surface area (Å²) in [5, 5.41) is 14.1. The Hall–Kier alpha value is -1.70. The molecule has 0 aromatic heterocycles. The van der Waals surface area contributed by atoms with E-state index in [9.17, 15) is 13.6 Å². The third-order valence-corrected chi connectivity index (χ3v) is 4.29. The summed E-state index contributed by atoms with van der Waals surface area (Å²) < 4.78 is 26.9. The summed E-state index contributed by atoms with van der Waals surface area (Å²) in [6.07, 6.45) is 0.803. The maximum Gasteiger partial charge on any atom is 0.238 e. The van der Waals surface area contributed by atoms with Gasteiger partial charge in [0.05, 0.1) is 10.2 Å². The highest BCUT2D eigenvalue weighted by atomic mass is 79.9. The molecule has 1 fully saturated rings. The molecule has 0 unspecified atom stereocenters. The minimum Gasteiger partial charge on any atom is -0.409 e. The first-order valence-corrected chi connectivity index (χ1v) is 7.03. The minimum absolute atomic E-state index is 0.0269. The van der Waals surface area contributed by atoms with E-state index in [1.54, 1.807) is 0 Å². The molecule has 1 amide bonds.